The summed E-state index contributed by atoms with van der Waals surface area (Å²) in [7, 11) is 0. The summed E-state index contributed by atoms with van der Waals surface area (Å²) in [5, 5.41) is 11.2. The van der Waals surface area contributed by atoms with E-state index in [0.717, 1.165) is 19.3 Å². The molecule has 2 atom stereocenters. The van der Waals surface area contributed by atoms with E-state index in [1.165, 1.54) is 0 Å². The summed E-state index contributed by atoms with van der Waals surface area (Å²) in [5.41, 5.74) is -0.942. The third-order valence-corrected chi connectivity index (χ3v) is 4.51. The van der Waals surface area contributed by atoms with Crippen LogP contribution in [0.2, 0.25) is 0 Å². The van der Waals surface area contributed by atoms with Gasteiger partial charge in [-0.25, -0.2) is 0 Å². The molecule has 0 radical (unpaired) electrons. The first-order valence-corrected chi connectivity index (χ1v) is 8.71. The van der Waals surface area contributed by atoms with Crippen LogP contribution in [0.25, 0.3) is 0 Å². The topological polar surface area (TPSA) is 57.2 Å². The molecule has 0 aliphatic heterocycles. The number of ether oxygens (including phenoxy) is 4. The first-order chi connectivity index (χ1) is 10.5. The summed E-state index contributed by atoms with van der Waals surface area (Å²) in [4.78, 5) is 0. The molecule has 1 fully saturated rings. The summed E-state index contributed by atoms with van der Waals surface area (Å²) in [6.07, 6.45) is 2.03. The molecule has 132 valence electrons. The lowest BCUT2D eigenvalue weighted by atomic mass is 9.68. The third-order valence-electron chi connectivity index (χ3n) is 4.51. The van der Waals surface area contributed by atoms with Crippen molar-refractivity contribution >= 4 is 0 Å². The van der Waals surface area contributed by atoms with E-state index >= 15 is 0 Å². The van der Waals surface area contributed by atoms with Crippen LogP contribution in [0.3, 0.4) is 0 Å². The number of aliphatic hydroxyl groups is 1. The molecule has 0 aromatic heterocycles. The Balaban J connectivity index is 2.91. The minimum absolute atomic E-state index is 0.0745. The van der Waals surface area contributed by atoms with Crippen molar-refractivity contribution in [1.82, 2.24) is 0 Å². The van der Waals surface area contributed by atoms with E-state index in [4.69, 9.17) is 18.9 Å². The molecule has 0 aromatic carbocycles. The van der Waals surface area contributed by atoms with Gasteiger partial charge in [0.15, 0.2) is 12.6 Å². The van der Waals surface area contributed by atoms with Gasteiger partial charge in [0.2, 0.25) is 0 Å². The van der Waals surface area contributed by atoms with Crippen molar-refractivity contribution in [3.05, 3.63) is 0 Å². The molecule has 1 saturated carbocycles. The van der Waals surface area contributed by atoms with Crippen molar-refractivity contribution in [2.45, 2.75) is 72.1 Å². The lowest BCUT2D eigenvalue weighted by Gasteiger charge is -2.48. The van der Waals surface area contributed by atoms with Crippen LogP contribution in [0.1, 0.15) is 53.9 Å². The van der Waals surface area contributed by atoms with Gasteiger partial charge in [0.25, 0.3) is 0 Å². The Bertz CT molecular complexity index is 257. The minimum Gasteiger partial charge on any atom is -0.389 e. The molecule has 0 saturated heterocycles. The van der Waals surface area contributed by atoms with Crippen molar-refractivity contribution < 1.29 is 24.1 Å². The fourth-order valence-electron chi connectivity index (χ4n) is 3.46. The molecule has 1 N–H and O–H groups in total. The van der Waals surface area contributed by atoms with Gasteiger partial charge in [-0.1, -0.05) is 6.42 Å². The number of hydrogen-bond donors (Lipinski definition) is 1. The Labute approximate surface area is 135 Å². The Morgan fingerprint density at radius 2 is 1.14 bits per heavy atom. The molecule has 0 amide bonds. The quantitative estimate of drug-likeness (QED) is 0.628. The average molecular weight is 318 g/mol. The van der Waals surface area contributed by atoms with Crippen LogP contribution in [-0.4, -0.2) is 49.7 Å². The first-order valence-electron chi connectivity index (χ1n) is 8.71. The van der Waals surface area contributed by atoms with Gasteiger partial charge < -0.3 is 24.1 Å². The zero-order valence-electron chi connectivity index (χ0n) is 14.8. The Morgan fingerprint density at radius 1 is 0.818 bits per heavy atom. The van der Waals surface area contributed by atoms with Crippen molar-refractivity contribution in [3.63, 3.8) is 0 Å². The van der Waals surface area contributed by atoms with Gasteiger partial charge in [-0.3, -0.25) is 0 Å². The highest BCUT2D eigenvalue weighted by atomic mass is 16.7. The highest BCUT2D eigenvalue weighted by Gasteiger charge is 2.50. The van der Waals surface area contributed by atoms with E-state index in [0.29, 0.717) is 26.4 Å². The van der Waals surface area contributed by atoms with Gasteiger partial charge in [-0.05, 0) is 47.5 Å². The van der Waals surface area contributed by atoms with Crippen LogP contribution in [0, 0.1) is 11.8 Å². The van der Waals surface area contributed by atoms with Gasteiger partial charge >= 0.3 is 0 Å². The lowest BCUT2D eigenvalue weighted by Crippen LogP contribution is -2.55. The highest BCUT2D eigenvalue weighted by molar-refractivity contribution is 4.96. The van der Waals surface area contributed by atoms with E-state index in [1.807, 2.05) is 34.6 Å². The molecule has 0 aromatic rings. The summed E-state index contributed by atoms with van der Waals surface area (Å²) < 4.78 is 23.0. The molecular formula is C17H34O5. The second-order valence-corrected chi connectivity index (χ2v) is 5.93. The number of hydrogen-bond acceptors (Lipinski definition) is 5. The molecule has 5 nitrogen and oxygen atoms in total. The van der Waals surface area contributed by atoms with E-state index in [2.05, 4.69) is 0 Å². The predicted molar refractivity (Wildman–Crippen MR) is 85.5 cm³/mol. The molecule has 22 heavy (non-hydrogen) atoms. The highest BCUT2D eigenvalue weighted by Crippen LogP contribution is 2.43. The van der Waals surface area contributed by atoms with Crippen LogP contribution in [-0.2, 0) is 18.9 Å². The Morgan fingerprint density at radius 3 is 1.41 bits per heavy atom. The molecule has 0 bridgehead atoms. The van der Waals surface area contributed by atoms with Crippen molar-refractivity contribution in [3.8, 4) is 0 Å². The Hall–Kier alpha value is -0.200. The average Bonchev–Trinajstić information content (AvgIpc) is 2.46. The summed E-state index contributed by atoms with van der Waals surface area (Å²) in [6.45, 7) is 12.0. The van der Waals surface area contributed by atoms with Crippen LogP contribution < -0.4 is 0 Å². The summed E-state index contributed by atoms with van der Waals surface area (Å²) in [5.74, 6) is -0.149. The smallest absolute Gasteiger partial charge is 0.163 e. The maximum Gasteiger partial charge on any atom is 0.163 e. The molecule has 5 heteroatoms. The van der Waals surface area contributed by atoms with Gasteiger partial charge in [-0.15, -0.1) is 0 Å². The standard InChI is InChI=1S/C17H34O5/c1-6-19-15(20-7-2)13-11-10-12-14(17(13,5)18)16(21-8-3)22-9-4/h13-16,18H,6-12H2,1-5H3. The monoisotopic (exact) mass is 318 g/mol. The van der Waals surface area contributed by atoms with Gasteiger partial charge in [-0.2, -0.15) is 0 Å². The van der Waals surface area contributed by atoms with Crippen LogP contribution in [0.15, 0.2) is 0 Å². The SMILES string of the molecule is CCOC(OCC)C1CCCC(C(OCC)OCC)C1(C)O. The van der Waals surface area contributed by atoms with Gasteiger partial charge in [0.1, 0.15) is 0 Å². The zero-order chi connectivity index (χ0) is 16.6. The summed E-state index contributed by atoms with van der Waals surface area (Å²) in [6, 6.07) is 0. The molecule has 2 unspecified atom stereocenters. The fourth-order valence-corrected chi connectivity index (χ4v) is 3.46. The Kier molecular flexibility index (Phi) is 8.87. The van der Waals surface area contributed by atoms with Crippen molar-refractivity contribution in [2.24, 2.45) is 11.8 Å². The maximum atomic E-state index is 11.2. The van der Waals surface area contributed by atoms with Crippen LogP contribution >= 0.6 is 0 Å². The predicted octanol–water partition coefficient (Wildman–Crippen LogP) is 2.95. The van der Waals surface area contributed by atoms with Crippen LogP contribution in [0.5, 0.6) is 0 Å². The van der Waals surface area contributed by atoms with Crippen molar-refractivity contribution in [2.75, 3.05) is 26.4 Å². The summed E-state index contributed by atoms with van der Waals surface area (Å²) >= 11 is 0. The molecule has 1 aliphatic rings. The van der Waals surface area contributed by atoms with E-state index in [1.54, 1.807) is 0 Å². The van der Waals surface area contributed by atoms with Crippen molar-refractivity contribution in [1.29, 1.82) is 0 Å². The van der Waals surface area contributed by atoms with E-state index in [-0.39, 0.29) is 24.4 Å². The van der Waals surface area contributed by atoms with Gasteiger partial charge in [0, 0.05) is 38.3 Å². The zero-order valence-corrected chi connectivity index (χ0v) is 14.8. The molecule has 1 aliphatic carbocycles. The minimum atomic E-state index is -0.942. The first kappa shape index (κ1) is 19.8. The fraction of sp³-hybridized carbons (Fsp3) is 1.00. The van der Waals surface area contributed by atoms with Crippen LogP contribution in [0.4, 0.5) is 0 Å². The molecular weight excluding hydrogens is 284 g/mol. The normalized spacial score (nSPS) is 29.5. The third kappa shape index (κ3) is 4.90. The second kappa shape index (κ2) is 9.83. The van der Waals surface area contributed by atoms with Gasteiger partial charge in [0.05, 0.1) is 5.60 Å². The molecule has 0 spiro atoms. The lowest BCUT2D eigenvalue weighted by molar-refractivity contribution is -0.266. The molecule has 0 heterocycles. The van der Waals surface area contributed by atoms with E-state index < -0.39 is 5.60 Å². The number of rotatable bonds is 10. The second-order valence-electron chi connectivity index (χ2n) is 5.93. The van der Waals surface area contributed by atoms with E-state index in [9.17, 15) is 5.11 Å². The molecule has 1 rings (SSSR count). The largest absolute Gasteiger partial charge is 0.389 e. The maximum absolute atomic E-state index is 11.2.